The van der Waals surface area contributed by atoms with Crippen LogP contribution >= 0.6 is 0 Å². The molecule has 0 aliphatic heterocycles. The molecule has 3 heterocycles. The Kier molecular flexibility index (Phi) is 3.75. The predicted octanol–water partition coefficient (Wildman–Crippen LogP) is 2.81. The first-order chi connectivity index (χ1) is 13.2. The fourth-order valence-electron chi connectivity index (χ4n) is 3.90. The number of hydrogen-bond donors (Lipinski definition) is 2. The molecule has 5 rings (SSSR count). The molecule has 1 aliphatic carbocycles. The van der Waals surface area contributed by atoms with Gasteiger partial charge < -0.3 is 5.11 Å². The second kappa shape index (κ2) is 6.28. The van der Waals surface area contributed by atoms with E-state index in [9.17, 15) is 9.90 Å². The maximum Gasteiger partial charge on any atom is 0.329 e. The minimum Gasteiger partial charge on any atom is -0.393 e. The van der Waals surface area contributed by atoms with Crippen LogP contribution in [0.2, 0.25) is 0 Å². The lowest BCUT2D eigenvalue weighted by Crippen LogP contribution is -2.27. The molecule has 1 aliphatic rings. The molecule has 1 fully saturated rings. The molecular formula is C20H19N5O2. The fourth-order valence-corrected chi connectivity index (χ4v) is 3.90. The zero-order valence-electron chi connectivity index (χ0n) is 14.7. The summed E-state index contributed by atoms with van der Waals surface area (Å²) < 4.78 is 1.70. The molecule has 136 valence electrons. The van der Waals surface area contributed by atoms with E-state index in [2.05, 4.69) is 15.0 Å². The molecule has 0 spiro atoms. The van der Waals surface area contributed by atoms with Gasteiger partial charge in [-0.1, -0.05) is 18.2 Å². The topological polar surface area (TPSA) is 96.7 Å². The van der Waals surface area contributed by atoms with Crippen LogP contribution in [0, 0.1) is 0 Å². The summed E-state index contributed by atoms with van der Waals surface area (Å²) in [5.74, 6) is 0. The van der Waals surface area contributed by atoms with Crippen LogP contribution in [0.25, 0.3) is 33.5 Å². The molecule has 2 N–H and O–H groups in total. The third kappa shape index (κ3) is 2.80. The first-order valence-electron chi connectivity index (χ1n) is 9.19. The number of para-hydroxylation sites is 1. The molecule has 1 saturated carbocycles. The van der Waals surface area contributed by atoms with Crippen molar-refractivity contribution in [2.45, 2.75) is 37.8 Å². The molecular weight excluding hydrogens is 342 g/mol. The molecule has 7 heteroatoms. The highest BCUT2D eigenvalue weighted by Gasteiger charge is 2.25. The minimum absolute atomic E-state index is 0.0360. The highest BCUT2D eigenvalue weighted by Crippen LogP contribution is 2.29. The molecule has 0 saturated heterocycles. The summed E-state index contributed by atoms with van der Waals surface area (Å²) in [5.41, 5.74) is 3.33. The van der Waals surface area contributed by atoms with Crippen LogP contribution < -0.4 is 5.69 Å². The van der Waals surface area contributed by atoms with Gasteiger partial charge in [-0.15, -0.1) is 0 Å². The number of fused-ring (bicyclic) bond motifs is 2. The third-order valence-electron chi connectivity index (χ3n) is 5.34. The van der Waals surface area contributed by atoms with Crippen LogP contribution in [0.4, 0.5) is 0 Å². The van der Waals surface area contributed by atoms with Crippen molar-refractivity contribution in [3.05, 3.63) is 53.2 Å². The van der Waals surface area contributed by atoms with Crippen LogP contribution in [-0.2, 0) is 0 Å². The Hall–Kier alpha value is -3.06. The fraction of sp³-hybridized carbons (Fsp3) is 0.300. The van der Waals surface area contributed by atoms with E-state index in [4.69, 9.17) is 4.98 Å². The van der Waals surface area contributed by atoms with Crippen LogP contribution in [0.15, 0.2) is 47.5 Å². The second-order valence-corrected chi connectivity index (χ2v) is 7.11. The molecule has 0 unspecified atom stereocenters. The quantitative estimate of drug-likeness (QED) is 0.572. The number of H-pyrrole nitrogens is 1. The Labute approximate surface area is 154 Å². The lowest BCUT2D eigenvalue weighted by Gasteiger charge is -2.25. The van der Waals surface area contributed by atoms with Gasteiger partial charge in [0.15, 0.2) is 11.3 Å². The first kappa shape index (κ1) is 16.1. The number of rotatable bonds is 2. The summed E-state index contributed by atoms with van der Waals surface area (Å²) in [5, 5.41) is 10.8. The summed E-state index contributed by atoms with van der Waals surface area (Å²) in [6.45, 7) is 0. The average molecular weight is 361 g/mol. The van der Waals surface area contributed by atoms with Gasteiger partial charge >= 0.3 is 5.69 Å². The van der Waals surface area contributed by atoms with Gasteiger partial charge in [0.05, 0.1) is 23.5 Å². The van der Waals surface area contributed by atoms with Crippen molar-refractivity contribution in [3.63, 3.8) is 0 Å². The van der Waals surface area contributed by atoms with E-state index < -0.39 is 0 Å². The van der Waals surface area contributed by atoms with Gasteiger partial charge in [0.2, 0.25) is 0 Å². The van der Waals surface area contributed by atoms with Crippen molar-refractivity contribution < 1.29 is 5.11 Å². The standard InChI is InChI=1S/C20H19N5O2/c26-15-7-5-14(6-8-15)25-19-18(24-20(25)27)22-11-17(23-19)13-9-12-3-1-2-4-16(12)21-10-13/h1-4,9-11,14-15,26H,5-8H2,(H,22,24,27)/t14-,15-. The van der Waals surface area contributed by atoms with Crippen molar-refractivity contribution >= 4 is 22.2 Å². The maximum atomic E-state index is 12.5. The number of aliphatic hydroxyl groups excluding tert-OH is 1. The van der Waals surface area contributed by atoms with Crippen molar-refractivity contribution in [3.8, 4) is 11.3 Å². The molecule has 7 nitrogen and oxygen atoms in total. The minimum atomic E-state index is -0.271. The number of aromatic amines is 1. The number of pyridine rings is 1. The van der Waals surface area contributed by atoms with Gasteiger partial charge in [-0.2, -0.15) is 0 Å². The van der Waals surface area contributed by atoms with Crippen molar-refractivity contribution in [2.75, 3.05) is 0 Å². The van der Waals surface area contributed by atoms with Crippen LogP contribution in [0.1, 0.15) is 31.7 Å². The number of aromatic nitrogens is 5. The van der Waals surface area contributed by atoms with Crippen LogP contribution in [0.3, 0.4) is 0 Å². The van der Waals surface area contributed by atoms with E-state index >= 15 is 0 Å². The SMILES string of the molecule is O=c1[nH]c2ncc(-c3cnc4ccccc4c3)nc2n1[C@H]1CC[C@H](O)CC1. The third-order valence-corrected chi connectivity index (χ3v) is 5.34. The lowest BCUT2D eigenvalue weighted by atomic mass is 9.93. The zero-order chi connectivity index (χ0) is 18.4. The van der Waals surface area contributed by atoms with Gasteiger partial charge in [0.25, 0.3) is 0 Å². The Bertz CT molecular complexity index is 1190. The number of hydrogen-bond acceptors (Lipinski definition) is 5. The van der Waals surface area contributed by atoms with E-state index in [1.54, 1.807) is 17.0 Å². The molecule has 27 heavy (non-hydrogen) atoms. The van der Waals surface area contributed by atoms with Crippen molar-refractivity contribution in [1.82, 2.24) is 24.5 Å². The predicted molar refractivity (Wildman–Crippen MR) is 102 cm³/mol. The van der Waals surface area contributed by atoms with E-state index in [0.29, 0.717) is 29.8 Å². The highest BCUT2D eigenvalue weighted by molar-refractivity contribution is 5.83. The maximum absolute atomic E-state index is 12.5. The Morgan fingerprint density at radius 1 is 1.07 bits per heavy atom. The van der Waals surface area contributed by atoms with Gasteiger partial charge in [0.1, 0.15) is 0 Å². The largest absolute Gasteiger partial charge is 0.393 e. The summed E-state index contributed by atoms with van der Waals surface area (Å²) in [6.07, 6.45) is 6.10. The molecule has 0 radical (unpaired) electrons. The zero-order valence-corrected chi connectivity index (χ0v) is 14.7. The van der Waals surface area contributed by atoms with Crippen molar-refractivity contribution in [2.24, 2.45) is 0 Å². The normalized spacial score (nSPS) is 20.3. The van der Waals surface area contributed by atoms with E-state index in [0.717, 1.165) is 29.3 Å². The Balaban J connectivity index is 1.61. The molecule has 0 amide bonds. The van der Waals surface area contributed by atoms with E-state index in [-0.39, 0.29) is 17.8 Å². The van der Waals surface area contributed by atoms with Gasteiger partial charge in [-0.3, -0.25) is 14.5 Å². The van der Waals surface area contributed by atoms with Crippen molar-refractivity contribution in [1.29, 1.82) is 0 Å². The Morgan fingerprint density at radius 2 is 1.89 bits per heavy atom. The molecule has 0 atom stereocenters. The van der Waals surface area contributed by atoms with Crippen LogP contribution in [0.5, 0.6) is 0 Å². The Morgan fingerprint density at radius 3 is 2.74 bits per heavy atom. The number of benzene rings is 1. The molecule has 4 aromatic rings. The smallest absolute Gasteiger partial charge is 0.329 e. The monoisotopic (exact) mass is 361 g/mol. The summed E-state index contributed by atoms with van der Waals surface area (Å²) in [6, 6.07) is 9.98. The van der Waals surface area contributed by atoms with Gasteiger partial charge in [0, 0.05) is 23.2 Å². The first-order valence-corrected chi connectivity index (χ1v) is 9.19. The number of nitrogens with zero attached hydrogens (tertiary/aromatic N) is 4. The molecule has 1 aromatic carbocycles. The van der Waals surface area contributed by atoms with Gasteiger partial charge in [-0.05, 0) is 37.8 Å². The number of aliphatic hydroxyl groups is 1. The summed E-state index contributed by atoms with van der Waals surface area (Å²) >= 11 is 0. The number of nitrogens with one attached hydrogen (secondary N) is 1. The highest BCUT2D eigenvalue weighted by atomic mass is 16.3. The van der Waals surface area contributed by atoms with E-state index in [1.165, 1.54) is 0 Å². The second-order valence-electron chi connectivity index (χ2n) is 7.11. The summed E-state index contributed by atoms with van der Waals surface area (Å²) in [4.78, 5) is 28.9. The van der Waals surface area contributed by atoms with Crippen LogP contribution in [-0.4, -0.2) is 35.7 Å². The van der Waals surface area contributed by atoms with E-state index in [1.807, 2.05) is 30.3 Å². The molecule has 0 bridgehead atoms. The average Bonchev–Trinajstić information content (AvgIpc) is 3.03. The lowest BCUT2D eigenvalue weighted by molar-refractivity contribution is 0.111. The number of imidazole rings is 1. The summed E-state index contributed by atoms with van der Waals surface area (Å²) in [7, 11) is 0. The van der Waals surface area contributed by atoms with Gasteiger partial charge in [-0.25, -0.2) is 14.8 Å². The molecule has 3 aromatic heterocycles.